The number of aliphatic hydroxyl groups excluding tert-OH is 1. The lowest BCUT2D eigenvalue weighted by Gasteiger charge is -2.43. The summed E-state index contributed by atoms with van der Waals surface area (Å²) in [4.78, 5) is 42.2. The predicted molar refractivity (Wildman–Crippen MR) is 216 cm³/mol. The zero-order valence-corrected chi connectivity index (χ0v) is 32.5. The number of ether oxygens (including phenoxy) is 3. The van der Waals surface area contributed by atoms with E-state index in [0.717, 1.165) is 38.9 Å². The molecule has 2 N–H and O–H groups in total. The van der Waals surface area contributed by atoms with Crippen LogP contribution in [0.2, 0.25) is 0 Å². The van der Waals surface area contributed by atoms with Crippen LogP contribution in [0.25, 0.3) is 11.1 Å². The van der Waals surface area contributed by atoms with Crippen molar-refractivity contribution >= 4 is 17.9 Å². The third-order valence-electron chi connectivity index (χ3n) is 11.0. The number of alkyl carbamates (subject to hydrolysis) is 1. The summed E-state index contributed by atoms with van der Waals surface area (Å²) in [7, 11) is 2.12. The Labute approximate surface area is 334 Å². The van der Waals surface area contributed by atoms with Crippen LogP contribution in [0, 0.1) is 5.92 Å². The number of hydrogen-bond acceptors (Lipinski definition) is 8. The van der Waals surface area contributed by atoms with E-state index in [1.165, 1.54) is 10.5 Å². The summed E-state index contributed by atoms with van der Waals surface area (Å²) >= 11 is 0. The molecule has 57 heavy (non-hydrogen) atoms. The molecular formula is C47H49N3O7. The van der Waals surface area contributed by atoms with Crippen LogP contribution in [0.4, 0.5) is 4.79 Å². The van der Waals surface area contributed by atoms with E-state index >= 15 is 0 Å². The van der Waals surface area contributed by atoms with Gasteiger partial charge in [0.1, 0.15) is 12.6 Å². The summed E-state index contributed by atoms with van der Waals surface area (Å²) in [6.07, 6.45) is -1.95. The van der Waals surface area contributed by atoms with Crippen LogP contribution in [0.3, 0.4) is 0 Å². The van der Waals surface area contributed by atoms with Gasteiger partial charge in [-0.05, 0) is 65.0 Å². The Morgan fingerprint density at radius 2 is 1.49 bits per heavy atom. The summed E-state index contributed by atoms with van der Waals surface area (Å²) in [5.74, 6) is -0.804. The van der Waals surface area contributed by atoms with Gasteiger partial charge in [0.05, 0.1) is 31.8 Å². The zero-order chi connectivity index (χ0) is 39.9. The fourth-order valence-corrected chi connectivity index (χ4v) is 7.52. The Morgan fingerprint density at radius 1 is 0.825 bits per heavy atom. The van der Waals surface area contributed by atoms with Crippen LogP contribution in [-0.2, 0) is 43.6 Å². The minimum atomic E-state index is -0.986. The molecular weight excluding hydrogens is 719 g/mol. The number of aliphatic hydroxyl groups is 1. The van der Waals surface area contributed by atoms with Crippen LogP contribution in [0.1, 0.15) is 72.1 Å². The quantitative estimate of drug-likeness (QED) is 0.116. The fraction of sp³-hybridized carbons (Fsp3) is 0.298. The summed E-state index contributed by atoms with van der Waals surface area (Å²) in [6.45, 7) is 5.16. The van der Waals surface area contributed by atoms with E-state index in [2.05, 4.69) is 61.4 Å². The maximum atomic E-state index is 13.3. The topological polar surface area (TPSA) is 118 Å². The van der Waals surface area contributed by atoms with Crippen molar-refractivity contribution in [2.45, 2.75) is 70.6 Å². The zero-order valence-electron chi connectivity index (χ0n) is 32.5. The second-order valence-electron chi connectivity index (χ2n) is 15.0. The molecule has 0 saturated carbocycles. The number of likely N-dealkylation sites (N-methyl/N-ethyl adjacent to an activating group) is 1. The molecule has 0 spiro atoms. The normalized spacial score (nSPS) is 21.4. The molecule has 0 aromatic heterocycles. The molecule has 6 unspecified atom stereocenters. The summed E-state index contributed by atoms with van der Waals surface area (Å²) < 4.78 is 18.9. The molecule has 0 radical (unpaired) electrons. The number of imide groups is 1. The van der Waals surface area contributed by atoms with Crippen molar-refractivity contribution in [1.82, 2.24) is 15.1 Å². The molecule has 10 heteroatoms. The third-order valence-corrected chi connectivity index (χ3v) is 11.0. The van der Waals surface area contributed by atoms with Crippen LogP contribution in [-0.4, -0.2) is 58.6 Å². The number of benzene rings is 5. The van der Waals surface area contributed by atoms with Crippen molar-refractivity contribution in [2.75, 3.05) is 13.6 Å². The Hall–Kier alpha value is -5.65. The van der Waals surface area contributed by atoms with E-state index < -0.39 is 24.3 Å². The SMILES string of the molecule is CC1C(CN(C)C(C)c2ccccc2)OC(c2cccc(-c3cccc(CN4C(=O)CC(NC(=O)OCc5ccccc5)C4=O)c3)c2)OC1c1ccc(CO)cc1. The minimum absolute atomic E-state index is 0.0252. The minimum Gasteiger partial charge on any atom is -0.445 e. The maximum Gasteiger partial charge on any atom is 0.408 e. The van der Waals surface area contributed by atoms with Crippen LogP contribution in [0.5, 0.6) is 0 Å². The van der Waals surface area contributed by atoms with Crippen LogP contribution in [0.15, 0.2) is 133 Å². The highest BCUT2D eigenvalue weighted by Crippen LogP contribution is 2.43. The van der Waals surface area contributed by atoms with Gasteiger partial charge in [0.2, 0.25) is 5.91 Å². The van der Waals surface area contributed by atoms with Crippen molar-refractivity contribution in [3.63, 3.8) is 0 Å². The second kappa shape index (κ2) is 18.1. The molecule has 2 heterocycles. The van der Waals surface area contributed by atoms with Crippen molar-refractivity contribution in [3.8, 4) is 11.1 Å². The largest absolute Gasteiger partial charge is 0.445 e. The highest BCUT2D eigenvalue weighted by molar-refractivity contribution is 6.06. The first-order valence-corrected chi connectivity index (χ1v) is 19.4. The number of nitrogens with one attached hydrogen (secondary N) is 1. The Balaban J connectivity index is 1.06. The lowest BCUT2D eigenvalue weighted by atomic mass is 9.89. The third kappa shape index (κ3) is 9.49. The van der Waals surface area contributed by atoms with Crippen molar-refractivity contribution in [1.29, 1.82) is 0 Å². The molecule has 2 aliphatic rings. The van der Waals surface area contributed by atoms with E-state index in [0.29, 0.717) is 6.54 Å². The van der Waals surface area contributed by atoms with Gasteiger partial charge in [-0.2, -0.15) is 0 Å². The highest BCUT2D eigenvalue weighted by Gasteiger charge is 2.41. The molecule has 0 aliphatic carbocycles. The Morgan fingerprint density at radius 3 is 2.21 bits per heavy atom. The molecule has 10 nitrogen and oxygen atoms in total. The van der Waals surface area contributed by atoms with Crippen LogP contribution < -0.4 is 5.32 Å². The predicted octanol–water partition coefficient (Wildman–Crippen LogP) is 7.88. The first kappa shape index (κ1) is 39.6. The molecule has 2 fully saturated rings. The van der Waals surface area contributed by atoms with Gasteiger partial charge in [-0.15, -0.1) is 0 Å². The number of hydrogen-bond donors (Lipinski definition) is 2. The molecule has 6 atom stereocenters. The lowest BCUT2D eigenvalue weighted by Crippen LogP contribution is -2.44. The Bertz CT molecular complexity index is 2150. The van der Waals surface area contributed by atoms with Gasteiger partial charge in [-0.1, -0.05) is 128 Å². The molecule has 2 aliphatic heterocycles. The monoisotopic (exact) mass is 767 g/mol. The highest BCUT2D eigenvalue weighted by atomic mass is 16.7. The van der Waals surface area contributed by atoms with Crippen molar-refractivity contribution in [2.24, 2.45) is 5.92 Å². The van der Waals surface area contributed by atoms with Gasteiger partial charge >= 0.3 is 6.09 Å². The van der Waals surface area contributed by atoms with E-state index in [9.17, 15) is 19.5 Å². The number of amides is 3. The number of nitrogens with zero attached hydrogens (tertiary/aromatic N) is 2. The van der Waals surface area contributed by atoms with Gasteiger partial charge in [-0.25, -0.2) is 4.79 Å². The summed E-state index contributed by atoms with van der Waals surface area (Å²) in [5, 5.41) is 12.2. The fourth-order valence-electron chi connectivity index (χ4n) is 7.52. The maximum absolute atomic E-state index is 13.3. The number of rotatable bonds is 13. The molecule has 294 valence electrons. The average molecular weight is 768 g/mol. The van der Waals surface area contributed by atoms with Gasteiger partial charge in [-0.3, -0.25) is 19.4 Å². The molecule has 0 bridgehead atoms. The smallest absolute Gasteiger partial charge is 0.408 e. The number of carbonyl (C=O) groups excluding carboxylic acids is 3. The lowest BCUT2D eigenvalue weighted by molar-refractivity contribution is -0.276. The van der Waals surface area contributed by atoms with Crippen molar-refractivity contribution in [3.05, 3.63) is 167 Å². The van der Waals surface area contributed by atoms with Gasteiger partial charge in [0.25, 0.3) is 5.91 Å². The molecule has 5 aromatic rings. The standard InChI is InChI=1S/C47H49N3O7/c1-31-42(28-49(3)32(2)36-15-8-5-9-16-36)56-46(57-44(31)37-22-20-33(29-51)21-23-37)40-19-11-18-39(25-40)38-17-10-14-35(24-38)27-50-43(52)26-41(45(50)53)48-47(54)55-30-34-12-6-4-7-13-34/h4-25,31-32,41-42,44,46,51H,26-30H2,1-3H3,(H,48,54). The first-order chi connectivity index (χ1) is 27.7. The van der Waals surface area contributed by atoms with E-state index in [-0.39, 0.29) is 56.3 Å². The van der Waals surface area contributed by atoms with Gasteiger partial charge in [0, 0.05) is 24.1 Å². The Kier molecular flexibility index (Phi) is 12.6. The molecule has 5 aromatic carbocycles. The summed E-state index contributed by atoms with van der Waals surface area (Å²) in [5.41, 5.74) is 7.38. The number of likely N-dealkylation sites (tertiary alicyclic amines) is 1. The second-order valence-corrected chi connectivity index (χ2v) is 15.0. The van der Waals surface area contributed by atoms with Gasteiger partial charge < -0.3 is 24.6 Å². The van der Waals surface area contributed by atoms with Crippen molar-refractivity contribution < 1.29 is 33.7 Å². The van der Waals surface area contributed by atoms with E-state index in [1.807, 2.05) is 103 Å². The number of carbonyl (C=O) groups is 3. The van der Waals surface area contributed by atoms with E-state index in [4.69, 9.17) is 14.2 Å². The van der Waals surface area contributed by atoms with E-state index in [1.54, 1.807) is 0 Å². The molecule has 2 saturated heterocycles. The summed E-state index contributed by atoms with van der Waals surface area (Å²) in [6, 6.07) is 42.6. The van der Waals surface area contributed by atoms with Gasteiger partial charge in [0.15, 0.2) is 6.29 Å². The molecule has 7 rings (SSSR count). The first-order valence-electron chi connectivity index (χ1n) is 19.4. The van der Waals surface area contributed by atoms with Crippen LogP contribution >= 0.6 is 0 Å². The molecule has 3 amide bonds. The average Bonchev–Trinajstić information content (AvgIpc) is 3.51.